The van der Waals surface area contributed by atoms with Gasteiger partial charge >= 0.3 is 6.03 Å². The predicted octanol–water partition coefficient (Wildman–Crippen LogP) is 2.08. The molecule has 4 rings (SSSR count). The van der Waals surface area contributed by atoms with Crippen LogP contribution in [0, 0.1) is 5.82 Å². The van der Waals surface area contributed by atoms with Gasteiger partial charge in [-0.05, 0) is 41.5 Å². The van der Waals surface area contributed by atoms with Gasteiger partial charge < -0.3 is 15.0 Å². The van der Waals surface area contributed by atoms with Crippen molar-refractivity contribution >= 4 is 23.9 Å². The van der Waals surface area contributed by atoms with Gasteiger partial charge in [0.15, 0.2) is 5.54 Å². The number of amides is 4. The third-order valence-electron chi connectivity index (χ3n) is 5.04. The second-order valence-electron chi connectivity index (χ2n) is 6.95. The summed E-state index contributed by atoms with van der Waals surface area (Å²) in [4.78, 5) is 38.8. The van der Waals surface area contributed by atoms with Crippen molar-refractivity contribution in [3.63, 3.8) is 0 Å². The highest BCUT2D eigenvalue weighted by atomic mass is 19.1. The van der Waals surface area contributed by atoms with Crippen molar-refractivity contribution in [1.29, 1.82) is 0 Å². The lowest BCUT2D eigenvalue weighted by Gasteiger charge is -2.28. The van der Waals surface area contributed by atoms with Crippen LogP contribution in [0.5, 0.6) is 5.75 Å². The van der Waals surface area contributed by atoms with Gasteiger partial charge in [0.25, 0.3) is 11.8 Å². The molecule has 2 aromatic rings. The number of urea groups is 1. The smallest absolute Gasteiger partial charge is 0.322 e. The molecule has 0 aromatic heterocycles. The van der Waals surface area contributed by atoms with Crippen LogP contribution in [0.2, 0.25) is 0 Å². The van der Waals surface area contributed by atoms with Crippen molar-refractivity contribution in [2.75, 3.05) is 13.7 Å². The van der Waals surface area contributed by atoms with E-state index in [-0.39, 0.29) is 18.3 Å². The standard InChI is InChI=1S/C21H18FN3O4/c1-29-16-7-4-14-11-25(18(26)17(14)10-16)12-21(19(27)23-20(28)24-21)9-8-13-2-5-15(22)6-3-13/h2-10H,11-12H2,1H3,(H2,23,24,27,28)/b9-8+/t21-/m1/s1. The minimum absolute atomic E-state index is 0.0436. The molecule has 0 bridgehead atoms. The van der Waals surface area contributed by atoms with Crippen LogP contribution in [-0.4, -0.2) is 41.9 Å². The molecule has 2 aromatic carbocycles. The molecule has 1 atom stereocenters. The molecule has 0 aliphatic carbocycles. The molecule has 2 aliphatic heterocycles. The summed E-state index contributed by atoms with van der Waals surface area (Å²) in [5, 5.41) is 4.84. The first-order valence-corrected chi connectivity index (χ1v) is 8.95. The number of methoxy groups -OCH3 is 1. The van der Waals surface area contributed by atoms with Crippen LogP contribution in [0.1, 0.15) is 21.5 Å². The van der Waals surface area contributed by atoms with E-state index in [2.05, 4.69) is 10.6 Å². The van der Waals surface area contributed by atoms with E-state index in [1.165, 1.54) is 30.2 Å². The molecule has 1 saturated heterocycles. The molecule has 0 spiro atoms. The zero-order valence-corrected chi connectivity index (χ0v) is 15.6. The number of fused-ring (bicyclic) bond motifs is 1. The van der Waals surface area contributed by atoms with Crippen LogP contribution in [0.15, 0.2) is 48.5 Å². The fourth-order valence-corrected chi connectivity index (χ4v) is 3.50. The molecule has 2 aliphatic rings. The van der Waals surface area contributed by atoms with Crippen LogP contribution >= 0.6 is 0 Å². The van der Waals surface area contributed by atoms with E-state index in [1.807, 2.05) is 0 Å². The van der Waals surface area contributed by atoms with Crippen molar-refractivity contribution < 1.29 is 23.5 Å². The Bertz CT molecular complexity index is 1030. The summed E-state index contributed by atoms with van der Waals surface area (Å²) in [6.45, 7) is 0.269. The van der Waals surface area contributed by atoms with E-state index in [4.69, 9.17) is 4.74 Å². The topological polar surface area (TPSA) is 87.7 Å². The van der Waals surface area contributed by atoms with Gasteiger partial charge in [-0.1, -0.05) is 24.3 Å². The summed E-state index contributed by atoms with van der Waals surface area (Å²) in [6.07, 6.45) is 3.14. The van der Waals surface area contributed by atoms with Crippen LogP contribution in [0.4, 0.5) is 9.18 Å². The van der Waals surface area contributed by atoms with Crippen LogP contribution in [0.3, 0.4) is 0 Å². The largest absolute Gasteiger partial charge is 0.497 e. The molecule has 2 N–H and O–H groups in total. The average Bonchev–Trinajstić information content (AvgIpc) is 3.16. The van der Waals surface area contributed by atoms with Gasteiger partial charge in [-0.25, -0.2) is 9.18 Å². The van der Waals surface area contributed by atoms with Gasteiger partial charge in [0.1, 0.15) is 11.6 Å². The molecule has 29 heavy (non-hydrogen) atoms. The quantitative estimate of drug-likeness (QED) is 0.759. The molecule has 0 saturated carbocycles. The van der Waals surface area contributed by atoms with E-state index >= 15 is 0 Å². The number of rotatable bonds is 5. The molecule has 7 nitrogen and oxygen atoms in total. The number of benzene rings is 2. The van der Waals surface area contributed by atoms with Crippen molar-refractivity contribution in [3.8, 4) is 5.75 Å². The van der Waals surface area contributed by atoms with E-state index in [9.17, 15) is 18.8 Å². The Balaban J connectivity index is 1.62. The van der Waals surface area contributed by atoms with E-state index in [0.29, 0.717) is 23.4 Å². The summed E-state index contributed by atoms with van der Waals surface area (Å²) in [6, 6.07) is 10.3. The number of hydrogen-bond acceptors (Lipinski definition) is 4. The van der Waals surface area contributed by atoms with Gasteiger partial charge in [-0.3, -0.25) is 14.9 Å². The number of halogens is 1. The van der Waals surface area contributed by atoms with E-state index in [1.54, 1.807) is 36.4 Å². The number of nitrogens with one attached hydrogen (secondary N) is 2. The monoisotopic (exact) mass is 395 g/mol. The van der Waals surface area contributed by atoms with Gasteiger partial charge in [0.05, 0.1) is 13.7 Å². The Hall–Kier alpha value is -3.68. The first kappa shape index (κ1) is 18.7. The SMILES string of the molecule is COc1ccc2c(c1)C(=O)N(C[C@@]1(/C=C/c3ccc(F)cc3)NC(=O)NC1=O)C2. The molecule has 148 valence electrons. The van der Waals surface area contributed by atoms with Crippen molar-refractivity contribution in [1.82, 2.24) is 15.5 Å². The number of imide groups is 1. The zero-order valence-electron chi connectivity index (χ0n) is 15.6. The normalized spacial score (nSPS) is 20.8. The number of hydrogen-bond donors (Lipinski definition) is 2. The number of carbonyl (C=O) groups is 3. The molecule has 0 unspecified atom stereocenters. The highest BCUT2D eigenvalue weighted by Crippen LogP contribution is 2.29. The lowest BCUT2D eigenvalue weighted by molar-refractivity contribution is -0.122. The third kappa shape index (κ3) is 3.44. The molecular weight excluding hydrogens is 377 g/mol. The lowest BCUT2D eigenvalue weighted by Crippen LogP contribution is -2.53. The second-order valence-corrected chi connectivity index (χ2v) is 6.95. The first-order chi connectivity index (χ1) is 13.9. The first-order valence-electron chi connectivity index (χ1n) is 8.95. The van der Waals surface area contributed by atoms with Gasteiger partial charge in [0, 0.05) is 12.1 Å². The maximum Gasteiger partial charge on any atom is 0.322 e. The molecular formula is C21H18FN3O4. The molecule has 4 amide bonds. The van der Waals surface area contributed by atoms with Crippen LogP contribution in [0.25, 0.3) is 6.08 Å². The third-order valence-corrected chi connectivity index (χ3v) is 5.04. The molecule has 2 heterocycles. The summed E-state index contributed by atoms with van der Waals surface area (Å²) in [5.41, 5.74) is 0.554. The summed E-state index contributed by atoms with van der Waals surface area (Å²) >= 11 is 0. The average molecular weight is 395 g/mol. The second kappa shape index (κ2) is 7.05. The fourth-order valence-electron chi connectivity index (χ4n) is 3.50. The lowest BCUT2D eigenvalue weighted by atomic mass is 9.97. The van der Waals surface area contributed by atoms with Crippen LogP contribution < -0.4 is 15.4 Å². The van der Waals surface area contributed by atoms with E-state index in [0.717, 1.165) is 5.56 Å². The van der Waals surface area contributed by atoms with Gasteiger partial charge in [0.2, 0.25) is 0 Å². The summed E-state index contributed by atoms with van der Waals surface area (Å²) < 4.78 is 18.3. The van der Waals surface area contributed by atoms with Crippen molar-refractivity contribution in [3.05, 3.63) is 71.0 Å². The Morgan fingerprint density at radius 2 is 1.93 bits per heavy atom. The fraction of sp³-hybridized carbons (Fsp3) is 0.190. The Morgan fingerprint density at radius 3 is 2.59 bits per heavy atom. The predicted molar refractivity (Wildman–Crippen MR) is 103 cm³/mol. The summed E-state index contributed by atoms with van der Waals surface area (Å²) in [7, 11) is 1.52. The highest BCUT2D eigenvalue weighted by molar-refractivity contribution is 6.09. The minimum Gasteiger partial charge on any atom is -0.497 e. The maximum atomic E-state index is 13.1. The number of ether oxygens (including phenoxy) is 1. The molecule has 0 radical (unpaired) electrons. The zero-order chi connectivity index (χ0) is 20.6. The summed E-state index contributed by atoms with van der Waals surface area (Å²) in [5.74, 6) is -0.610. The molecule has 1 fully saturated rings. The van der Waals surface area contributed by atoms with Gasteiger partial charge in [-0.2, -0.15) is 0 Å². The van der Waals surface area contributed by atoms with E-state index < -0.39 is 17.5 Å². The highest BCUT2D eigenvalue weighted by Gasteiger charge is 2.47. The molecule has 8 heteroatoms. The number of carbonyl (C=O) groups excluding carboxylic acids is 3. The van der Waals surface area contributed by atoms with Crippen molar-refractivity contribution in [2.24, 2.45) is 0 Å². The Labute approximate surface area is 166 Å². The van der Waals surface area contributed by atoms with Crippen molar-refractivity contribution in [2.45, 2.75) is 12.1 Å². The number of nitrogens with zero attached hydrogens (tertiary/aromatic N) is 1. The van der Waals surface area contributed by atoms with Gasteiger partial charge in [-0.15, -0.1) is 0 Å². The minimum atomic E-state index is -1.42. The van der Waals surface area contributed by atoms with Crippen LogP contribution in [-0.2, 0) is 11.3 Å². The maximum absolute atomic E-state index is 13.1. The Morgan fingerprint density at radius 1 is 1.17 bits per heavy atom. The Kier molecular flexibility index (Phi) is 4.54.